The molecule has 0 saturated heterocycles. The molecule has 0 aliphatic heterocycles. The Morgan fingerprint density at radius 2 is 2.05 bits per heavy atom. The van der Waals surface area contributed by atoms with Gasteiger partial charge in [-0.15, -0.1) is 0 Å². The van der Waals surface area contributed by atoms with Crippen molar-refractivity contribution < 1.29 is 19.2 Å². The fraction of sp³-hybridized carbons (Fsp3) is 0.0769. The van der Waals surface area contributed by atoms with Gasteiger partial charge in [-0.2, -0.15) is 0 Å². The van der Waals surface area contributed by atoms with Crippen molar-refractivity contribution in [2.75, 3.05) is 0 Å². The Morgan fingerprint density at radius 1 is 1.26 bits per heavy atom. The predicted molar refractivity (Wildman–Crippen MR) is 65.5 cm³/mol. The molecule has 0 atom stereocenters. The lowest BCUT2D eigenvalue weighted by Crippen LogP contribution is -2.01. The van der Waals surface area contributed by atoms with Gasteiger partial charge in [0.2, 0.25) is 0 Å². The van der Waals surface area contributed by atoms with Gasteiger partial charge in [-0.3, -0.25) is 10.1 Å². The highest BCUT2D eigenvalue weighted by atomic mass is 19.1. The van der Waals surface area contributed by atoms with Crippen molar-refractivity contribution in [3.63, 3.8) is 0 Å². The van der Waals surface area contributed by atoms with Gasteiger partial charge < -0.3 is 9.84 Å². The number of nitro groups is 1. The van der Waals surface area contributed by atoms with Crippen LogP contribution in [-0.2, 0) is 6.61 Å². The Bertz CT molecular complexity index is 615. The molecule has 0 heterocycles. The van der Waals surface area contributed by atoms with E-state index in [1.165, 1.54) is 12.1 Å². The number of nitrogens with zero attached hydrogens (tertiary/aromatic N) is 1. The first-order valence-electron chi connectivity index (χ1n) is 5.41. The molecular formula is C13H10FNO4. The number of hydrogen-bond donors (Lipinski definition) is 1. The van der Waals surface area contributed by atoms with Gasteiger partial charge in [0.1, 0.15) is 23.9 Å². The zero-order valence-corrected chi connectivity index (χ0v) is 9.75. The van der Waals surface area contributed by atoms with Crippen molar-refractivity contribution in [2.45, 2.75) is 6.61 Å². The van der Waals surface area contributed by atoms with E-state index in [9.17, 15) is 19.6 Å². The molecule has 0 saturated carbocycles. The molecule has 0 aliphatic rings. The van der Waals surface area contributed by atoms with Crippen molar-refractivity contribution in [3.05, 3.63) is 64.0 Å². The summed E-state index contributed by atoms with van der Waals surface area (Å²) in [5, 5.41) is 20.0. The Morgan fingerprint density at radius 3 is 2.74 bits per heavy atom. The van der Waals surface area contributed by atoms with Crippen LogP contribution in [0.1, 0.15) is 5.56 Å². The Labute approximate surface area is 108 Å². The highest BCUT2D eigenvalue weighted by Gasteiger charge is 2.14. The van der Waals surface area contributed by atoms with E-state index in [1.54, 1.807) is 12.1 Å². The zero-order chi connectivity index (χ0) is 13.8. The van der Waals surface area contributed by atoms with Crippen LogP contribution in [0.4, 0.5) is 10.1 Å². The van der Waals surface area contributed by atoms with Gasteiger partial charge in [-0.05, 0) is 24.3 Å². The highest BCUT2D eigenvalue weighted by molar-refractivity contribution is 5.40. The molecule has 0 spiro atoms. The molecule has 1 N–H and O–H groups in total. The summed E-state index contributed by atoms with van der Waals surface area (Å²) in [6.45, 7) is -0.155. The topological polar surface area (TPSA) is 72.6 Å². The SMILES string of the molecule is O=[N+]([O-])c1ccc(F)cc1COc1cccc(O)c1. The normalized spacial score (nSPS) is 10.2. The number of rotatable bonds is 4. The maximum atomic E-state index is 13.1. The number of aromatic hydroxyl groups is 1. The summed E-state index contributed by atoms with van der Waals surface area (Å²) in [5.74, 6) is -0.204. The number of phenolic OH excluding ortho intramolecular Hbond substituents is 1. The number of ether oxygens (including phenoxy) is 1. The third-order valence-corrected chi connectivity index (χ3v) is 2.45. The van der Waals surface area contributed by atoms with Crippen LogP contribution in [0.3, 0.4) is 0 Å². The number of halogens is 1. The molecule has 0 radical (unpaired) electrons. The van der Waals surface area contributed by atoms with Crippen LogP contribution in [0, 0.1) is 15.9 Å². The lowest BCUT2D eigenvalue weighted by molar-refractivity contribution is -0.385. The fourth-order valence-corrected chi connectivity index (χ4v) is 1.58. The smallest absolute Gasteiger partial charge is 0.276 e. The van der Waals surface area contributed by atoms with Crippen LogP contribution in [0.5, 0.6) is 11.5 Å². The molecular weight excluding hydrogens is 253 g/mol. The average Bonchev–Trinajstić information content (AvgIpc) is 2.36. The molecule has 0 bridgehead atoms. The zero-order valence-electron chi connectivity index (χ0n) is 9.75. The number of hydrogen-bond acceptors (Lipinski definition) is 4. The van der Waals surface area contributed by atoms with Gasteiger partial charge in [0, 0.05) is 12.1 Å². The molecule has 6 heteroatoms. The maximum Gasteiger partial charge on any atom is 0.276 e. The molecule has 2 aromatic rings. The molecule has 2 aromatic carbocycles. The van der Waals surface area contributed by atoms with E-state index in [2.05, 4.69) is 0 Å². The second-order valence-corrected chi connectivity index (χ2v) is 3.82. The molecule has 2 rings (SSSR count). The summed E-state index contributed by atoms with van der Waals surface area (Å²) < 4.78 is 18.4. The van der Waals surface area contributed by atoms with E-state index in [4.69, 9.17) is 4.74 Å². The summed E-state index contributed by atoms with van der Waals surface area (Å²) >= 11 is 0. The summed E-state index contributed by atoms with van der Waals surface area (Å²) in [6.07, 6.45) is 0. The second-order valence-electron chi connectivity index (χ2n) is 3.82. The molecule has 0 fully saturated rings. The number of phenols is 1. The number of nitro benzene ring substituents is 1. The van der Waals surface area contributed by atoms with Gasteiger partial charge in [0.05, 0.1) is 10.5 Å². The van der Waals surface area contributed by atoms with Crippen LogP contribution < -0.4 is 4.74 Å². The maximum absolute atomic E-state index is 13.1. The molecule has 98 valence electrons. The molecule has 0 aliphatic carbocycles. The fourth-order valence-electron chi connectivity index (χ4n) is 1.58. The first-order chi connectivity index (χ1) is 9.06. The molecule has 0 unspecified atom stereocenters. The van der Waals surface area contributed by atoms with Crippen LogP contribution >= 0.6 is 0 Å². The second kappa shape index (κ2) is 5.34. The van der Waals surface area contributed by atoms with Crippen molar-refractivity contribution in [1.82, 2.24) is 0 Å². The van der Waals surface area contributed by atoms with Gasteiger partial charge in [-0.25, -0.2) is 4.39 Å². The van der Waals surface area contributed by atoms with Gasteiger partial charge in [0.25, 0.3) is 5.69 Å². The molecule has 19 heavy (non-hydrogen) atoms. The summed E-state index contributed by atoms with van der Waals surface area (Å²) in [6, 6.07) is 9.17. The largest absolute Gasteiger partial charge is 0.508 e. The van der Waals surface area contributed by atoms with Crippen molar-refractivity contribution in [2.24, 2.45) is 0 Å². The van der Waals surface area contributed by atoms with E-state index in [0.29, 0.717) is 5.75 Å². The Balaban J connectivity index is 2.19. The molecule has 0 aromatic heterocycles. The van der Waals surface area contributed by atoms with Crippen molar-refractivity contribution in [1.29, 1.82) is 0 Å². The number of benzene rings is 2. The van der Waals surface area contributed by atoms with Crippen LogP contribution in [0.2, 0.25) is 0 Å². The third-order valence-electron chi connectivity index (χ3n) is 2.45. The van der Waals surface area contributed by atoms with E-state index in [0.717, 1.165) is 18.2 Å². The quantitative estimate of drug-likeness (QED) is 0.679. The van der Waals surface area contributed by atoms with E-state index < -0.39 is 10.7 Å². The summed E-state index contributed by atoms with van der Waals surface area (Å²) in [5.41, 5.74) is -0.0742. The van der Waals surface area contributed by atoms with E-state index in [1.807, 2.05) is 0 Å². The summed E-state index contributed by atoms with van der Waals surface area (Å²) in [4.78, 5) is 10.2. The minimum atomic E-state index is -0.597. The van der Waals surface area contributed by atoms with Crippen LogP contribution in [0.15, 0.2) is 42.5 Å². The third kappa shape index (κ3) is 3.19. The lowest BCUT2D eigenvalue weighted by atomic mass is 10.2. The minimum Gasteiger partial charge on any atom is -0.508 e. The first-order valence-corrected chi connectivity index (χ1v) is 5.41. The minimum absolute atomic E-state index is 0.0197. The first kappa shape index (κ1) is 12.8. The van der Waals surface area contributed by atoms with Crippen LogP contribution in [-0.4, -0.2) is 10.0 Å². The predicted octanol–water partition coefficient (Wildman–Crippen LogP) is 3.02. The van der Waals surface area contributed by atoms with E-state index >= 15 is 0 Å². The van der Waals surface area contributed by atoms with Crippen LogP contribution in [0.25, 0.3) is 0 Å². The standard InChI is InChI=1S/C13H10FNO4/c14-10-4-5-13(15(17)18)9(6-10)8-19-12-3-1-2-11(16)7-12/h1-7,16H,8H2. The van der Waals surface area contributed by atoms with Crippen molar-refractivity contribution >= 4 is 5.69 Å². The monoisotopic (exact) mass is 263 g/mol. The Hall–Kier alpha value is -2.63. The molecule has 0 amide bonds. The van der Waals surface area contributed by atoms with Gasteiger partial charge in [0.15, 0.2) is 0 Å². The molecule has 5 nitrogen and oxygen atoms in total. The van der Waals surface area contributed by atoms with Crippen molar-refractivity contribution in [3.8, 4) is 11.5 Å². The lowest BCUT2D eigenvalue weighted by Gasteiger charge is -2.07. The van der Waals surface area contributed by atoms with Gasteiger partial charge in [-0.1, -0.05) is 6.07 Å². The summed E-state index contributed by atoms with van der Waals surface area (Å²) in [7, 11) is 0. The van der Waals surface area contributed by atoms with E-state index in [-0.39, 0.29) is 23.6 Å². The van der Waals surface area contributed by atoms with Gasteiger partial charge >= 0.3 is 0 Å². The average molecular weight is 263 g/mol. The highest BCUT2D eigenvalue weighted by Crippen LogP contribution is 2.23. The Kier molecular flexibility index (Phi) is 3.61.